The summed E-state index contributed by atoms with van der Waals surface area (Å²) in [6.45, 7) is 13.4. The van der Waals surface area contributed by atoms with Gasteiger partial charge in [-0.05, 0) is 80.8 Å². The van der Waals surface area contributed by atoms with Crippen molar-refractivity contribution in [3.05, 3.63) is 56.8 Å². The molecular weight excluding hydrogens is 450 g/mol. The first kappa shape index (κ1) is 26.0. The summed E-state index contributed by atoms with van der Waals surface area (Å²) in [5, 5.41) is 13.2. The normalized spacial score (nSPS) is 17.9. The SMILES string of the molecule is Cc1cc(/C(O)=C2/C(=O)C(=O)N(CCCOC(C)C)C2c2sccc2C)ccc1OCC(C)C. The molecule has 1 aliphatic heterocycles. The number of carbonyl (C=O) groups is 2. The van der Waals surface area contributed by atoms with Crippen molar-refractivity contribution < 1.29 is 24.2 Å². The molecule has 0 radical (unpaired) electrons. The van der Waals surface area contributed by atoms with Crippen LogP contribution in [-0.4, -0.2) is 47.6 Å². The fraction of sp³-hybridized carbons (Fsp3) is 0.481. The number of carbonyl (C=O) groups excluding carboxylic acids is 2. The van der Waals surface area contributed by atoms with Gasteiger partial charge in [-0.15, -0.1) is 11.3 Å². The summed E-state index contributed by atoms with van der Waals surface area (Å²) in [4.78, 5) is 28.7. The molecule has 1 saturated heterocycles. The van der Waals surface area contributed by atoms with Gasteiger partial charge in [0, 0.05) is 23.6 Å². The predicted molar refractivity (Wildman–Crippen MR) is 135 cm³/mol. The first-order chi connectivity index (χ1) is 16.1. The van der Waals surface area contributed by atoms with Gasteiger partial charge in [-0.2, -0.15) is 0 Å². The summed E-state index contributed by atoms with van der Waals surface area (Å²) in [7, 11) is 0. The molecule has 2 heterocycles. The highest BCUT2D eigenvalue weighted by molar-refractivity contribution is 7.10. The van der Waals surface area contributed by atoms with Crippen LogP contribution >= 0.6 is 11.3 Å². The second-order valence-corrected chi connectivity index (χ2v) is 10.4. The Morgan fingerprint density at radius 1 is 1.12 bits per heavy atom. The third-order valence-electron chi connectivity index (χ3n) is 5.71. The zero-order chi connectivity index (χ0) is 25.0. The molecule has 0 saturated carbocycles. The quantitative estimate of drug-likeness (QED) is 0.204. The van der Waals surface area contributed by atoms with E-state index in [1.54, 1.807) is 23.1 Å². The van der Waals surface area contributed by atoms with Crippen LogP contribution in [0.2, 0.25) is 0 Å². The van der Waals surface area contributed by atoms with Crippen molar-refractivity contribution in [3.63, 3.8) is 0 Å². The molecule has 1 atom stereocenters. The number of ketones is 1. The number of amides is 1. The minimum Gasteiger partial charge on any atom is -0.507 e. The average Bonchev–Trinajstić information content (AvgIpc) is 3.30. The van der Waals surface area contributed by atoms with Crippen LogP contribution in [-0.2, 0) is 14.3 Å². The summed E-state index contributed by atoms with van der Waals surface area (Å²) in [6, 6.07) is 6.69. The molecule has 1 aliphatic rings. The Balaban J connectivity index is 1.98. The Bertz CT molecular complexity index is 1070. The number of thiophene rings is 1. The molecule has 1 aromatic heterocycles. The molecule has 1 N–H and O–H groups in total. The van der Waals surface area contributed by atoms with Crippen molar-refractivity contribution in [2.75, 3.05) is 19.8 Å². The zero-order valence-electron chi connectivity index (χ0n) is 20.9. The first-order valence-electron chi connectivity index (χ1n) is 11.8. The molecule has 0 spiro atoms. The lowest BCUT2D eigenvalue weighted by atomic mass is 9.97. The molecule has 1 unspecified atom stereocenters. The lowest BCUT2D eigenvalue weighted by Crippen LogP contribution is -2.31. The maximum absolute atomic E-state index is 13.2. The molecule has 0 bridgehead atoms. The molecule has 1 aromatic carbocycles. The van der Waals surface area contributed by atoms with E-state index in [4.69, 9.17) is 9.47 Å². The first-order valence-corrected chi connectivity index (χ1v) is 12.7. The molecule has 0 aliphatic carbocycles. The Morgan fingerprint density at radius 3 is 2.44 bits per heavy atom. The van der Waals surface area contributed by atoms with Gasteiger partial charge in [0.2, 0.25) is 0 Å². The van der Waals surface area contributed by atoms with Gasteiger partial charge in [-0.1, -0.05) is 13.8 Å². The van der Waals surface area contributed by atoms with Crippen LogP contribution in [0.1, 0.15) is 61.7 Å². The minimum absolute atomic E-state index is 0.0986. The van der Waals surface area contributed by atoms with Gasteiger partial charge >= 0.3 is 0 Å². The van der Waals surface area contributed by atoms with Crippen molar-refractivity contribution in [2.24, 2.45) is 5.92 Å². The lowest BCUT2D eigenvalue weighted by molar-refractivity contribution is -0.140. The molecule has 1 fully saturated rings. The molecule has 7 heteroatoms. The van der Waals surface area contributed by atoms with E-state index < -0.39 is 17.7 Å². The monoisotopic (exact) mass is 485 g/mol. The number of benzene rings is 1. The minimum atomic E-state index is -0.655. The van der Waals surface area contributed by atoms with Gasteiger partial charge in [0.15, 0.2) is 0 Å². The molecular formula is C27H35NO5S. The van der Waals surface area contributed by atoms with E-state index in [0.29, 0.717) is 37.7 Å². The van der Waals surface area contributed by atoms with Gasteiger partial charge in [-0.3, -0.25) is 9.59 Å². The van der Waals surface area contributed by atoms with E-state index in [0.717, 1.165) is 21.8 Å². The predicted octanol–water partition coefficient (Wildman–Crippen LogP) is 5.64. The smallest absolute Gasteiger partial charge is 0.295 e. The van der Waals surface area contributed by atoms with Crippen molar-refractivity contribution >= 4 is 28.8 Å². The van der Waals surface area contributed by atoms with Crippen LogP contribution in [0.3, 0.4) is 0 Å². The Kier molecular flexibility index (Phi) is 8.55. The van der Waals surface area contributed by atoms with Crippen LogP contribution in [0.5, 0.6) is 5.75 Å². The fourth-order valence-corrected chi connectivity index (χ4v) is 5.02. The number of rotatable bonds is 10. The molecule has 3 rings (SSSR count). The van der Waals surface area contributed by atoms with Gasteiger partial charge in [0.1, 0.15) is 11.5 Å². The number of hydrogen-bond donors (Lipinski definition) is 1. The van der Waals surface area contributed by atoms with E-state index in [9.17, 15) is 14.7 Å². The Morgan fingerprint density at radius 2 is 1.85 bits per heavy atom. The molecule has 2 aromatic rings. The third kappa shape index (κ3) is 5.70. The topological polar surface area (TPSA) is 76.1 Å². The second kappa shape index (κ2) is 11.2. The van der Waals surface area contributed by atoms with Crippen molar-refractivity contribution in [2.45, 2.75) is 60.1 Å². The highest BCUT2D eigenvalue weighted by Gasteiger charge is 2.46. The summed E-state index contributed by atoms with van der Waals surface area (Å²) >= 11 is 1.49. The Labute approximate surface area is 206 Å². The van der Waals surface area contributed by atoms with Crippen LogP contribution in [0.15, 0.2) is 35.2 Å². The van der Waals surface area contributed by atoms with Crippen molar-refractivity contribution in [1.82, 2.24) is 4.90 Å². The number of aliphatic hydroxyl groups excluding tert-OH is 1. The number of nitrogens with zero attached hydrogens (tertiary/aromatic N) is 1. The van der Waals surface area contributed by atoms with Gasteiger partial charge in [0.25, 0.3) is 11.7 Å². The highest BCUT2D eigenvalue weighted by Crippen LogP contribution is 2.42. The maximum atomic E-state index is 13.2. The largest absolute Gasteiger partial charge is 0.507 e. The number of ether oxygens (including phenoxy) is 2. The van der Waals surface area contributed by atoms with Crippen LogP contribution in [0.25, 0.3) is 5.76 Å². The molecule has 6 nitrogen and oxygen atoms in total. The van der Waals surface area contributed by atoms with E-state index >= 15 is 0 Å². The number of likely N-dealkylation sites (tertiary alicyclic amines) is 1. The third-order valence-corrected chi connectivity index (χ3v) is 6.78. The number of aryl methyl sites for hydroxylation is 2. The summed E-state index contributed by atoms with van der Waals surface area (Å²) in [6.07, 6.45) is 0.703. The van der Waals surface area contributed by atoms with E-state index in [-0.39, 0.29) is 17.4 Å². The van der Waals surface area contributed by atoms with Crippen molar-refractivity contribution in [3.8, 4) is 5.75 Å². The highest BCUT2D eigenvalue weighted by atomic mass is 32.1. The standard InChI is InChI=1S/C27H35NO5S/c1-16(2)15-33-21-9-8-20(14-19(21)6)24(29)22-23(26-18(5)10-13-34-26)28(27(31)25(22)30)11-7-12-32-17(3)4/h8-10,13-14,16-17,23,29H,7,11-12,15H2,1-6H3/b24-22-. The Hall–Kier alpha value is -2.64. The fourth-order valence-electron chi connectivity index (χ4n) is 3.97. The van der Waals surface area contributed by atoms with Gasteiger partial charge < -0.3 is 19.5 Å². The van der Waals surface area contributed by atoms with Gasteiger partial charge in [0.05, 0.1) is 24.3 Å². The van der Waals surface area contributed by atoms with Gasteiger partial charge in [-0.25, -0.2) is 0 Å². The molecule has 34 heavy (non-hydrogen) atoms. The molecule has 1 amide bonds. The summed E-state index contributed by atoms with van der Waals surface area (Å²) < 4.78 is 11.5. The number of hydrogen-bond acceptors (Lipinski definition) is 6. The second-order valence-electron chi connectivity index (χ2n) is 9.42. The lowest BCUT2D eigenvalue weighted by Gasteiger charge is -2.25. The van der Waals surface area contributed by atoms with Crippen LogP contribution in [0, 0.1) is 19.8 Å². The maximum Gasteiger partial charge on any atom is 0.295 e. The summed E-state index contributed by atoms with van der Waals surface area (Å²) in [5.41, 5.74) is 2.47. The van der Waals surface area contributed by atoms with Crippen molar-refractivity contribution in [1.29, 1.82) is 0 Å². The summed E-state index contributed by atoms with van der Waals surface area (Å²) in [5.74, 6) is -0.268. The van der Waals surface area contributed by atoms with Crippen LogP contribution in [0.4, 0.5) is 0 Å². The van der Waals surface area contributed by atoms with E-state index in [2.05, 4.69) is 13.8 Å². The van der Waals surface area contributed by atoms with E-state index in [1.165, 1.54) is 11.3 Å². The van der Waals surface area contributed by atoms with Crippen LogP contribution < -0.4 is 4.74 Å². The number of aliphatic hydroxyl groups is 1. The number of Topliss-reactive ketones (excluding diaryl/α,β-unsaturated/α-hetero) is 1. The molecule has 184 valence electrons. The average molecular weight is 486 g/mol. The zero-order valence-corrected chi connectivity index (χ0v) is 21.7. The van der Waals surface area contributed by atoms with E-state index in [1.807, 2.05) is 39.1 Å².